The van der Waals surface area contributed by atoms with Crippen LogP contribution in [0.5, 0.6) is 0 Å². The highest BCUT2D eigenvalue weighted by Crippen LogP contribution is 2.58. The molecule has 0 bridgehead atoms. The van der Waals surface area contributed by atoms with Crippen LogP contribution in [0.1, 0.15) is 31.2 Å². The average molecular weight is 382 g/mol. The van der Waals surface area contributed by atoms with Crippen LogP contribution >= 0.6 is 40.5 Å². The van der Waals surface area contributed by atoms with E-state index in [1.165, 1.54) is 6.07 Å². The van der Waals surface area contributed by atoms with Crippen LogP contribution < -0.4 is 4.72 Å². The predicted octanol–water partition coefficient (Wildman–Crippen LogP) is 4.08. The molecule has 2 aliphatic carbocycles. The lowest BCUT2D eigenvalue weighted by Crippen LogP contribution is -2.75. The highest BCUT2D eigenvalue weighted by Gasteiger charge is 2.65. The standard InChI is InChI=1S/C13H14BrF2NOS2/c14-8-1-2-9(13(15,16)19)10(7-8)20-17-11-3-5-12(11,18)6-4-11/h1-2,7,17-19H,3-6H2. The number of benzene rings is 1. The van der Waals surface area contributed by atoms with Gasteiger partial charge in [-0.1, -0.05) is 15.9 Å². The number of rotatable bonds is 4. The minimum absolute atomic E-state index is 0.125. The molecular formula is C13H14BrF2NOS2. The van der Waals surface area contributed by atoms with Gasteiger partial charge >= 0.3 is 5.25 Å². The van der Waals surface area contributed by atoms with Gasteiger partial charge in [-0.15, -0.1) is 12.6 Å². The Morgan fingerprint density at radius 1 is 1.30 bits per heavy atom. The zero-order valence-electron chi connectivity index (χ0n) is 10.5. The second kappa shape index (κ2) is 4.84. The van der Waals surface area contributed by atoms with Crippen LogP contribution in [0.4, 0.5) is 8.78 Å². The summed E-state index contributed by atoms with van der Waals surface area (Å²) in [7, 11) is 0. The van der Waals surface area contributed by atoms with Gasteiger partial charge in [-0.2, -0.15) is 8.78 Å². The average Bonchev–Trinajstić information content (AvgIpc) is 2.36. The van der Waals surface area contributed by atoms with Crippen LogP contribution in [0.25, 0.3) is 0 Å². The van der Waals surface area contributed by atoms with Gasteiger partial charge < -0.3 is 5.11 Å². The van der Waals surface area contributed by atoms with Gasteiger partial charge in [0.25, 0.3) is 0 Å². The Bertz CT molecular complexity index is 542. The Balaban J connectivity index is 1.79. The number of halogens is 3. The summed E-state index contributed by atoms with van der Waals surface area (Å²) >= 11 is 7.81. The van der Waals surface area contributed by atoms with E-state index in [0.29, 0.717) is 4.90 Å². The van der Waals surface area contributed by atoms with Crippen LogP contribution in [-0.2, 0) is 5.25 Å². The number of thiol groups is 1. The van der Waals surface area contributed by atoms with Gasteiger partial charge in [0.05, 0.1) is 11.1 Å². The third-order valence-electron chi connectivity index (χ3n) is 4.45. The Morgan fingerprint density at radius 2 is 1.95 bits per heavy atom. The van der Waals surface area contributed by atoms with Crippen molar-refractivity contribution in [3.8, 4) is 0 Å². The fourth-order valence-electron chi connectivity index (χ4n) is 2.86. The van der Waals surface area contributed by atoms with Crippen molar-refractivity contribution in [1.29, 1.82) is 0 Å². The largest absolute Gasteiger partial charge is 0.388 e. The van der Waals surface area contributed by atoms with E-state index in [0.717, 1.165) is 42.1 Å². The zero-order valence-corrected chi connectivity index (χ0v) is 13.8. The van der Waals surface area contributed by atoms with E-state index in [1.54, 1.807) is 12.1 Å². The van der Waals surface area contributed by atoms with Crippen LogP contribution in [0.3, 0.4) is 0 Å². The SMILES string of the molecule is OC12CCC1(NSc1cc(Br)ccc1C(F)(F)S)CC2. The first-order valence-electron chi connectivity index (χ1n) is 6.32. The number of nitrogens with one attached hydrogen (secondary N) is 1. The molecule has 110 valence electrons. The second-order valence-corrected chi connectivity index (χ2v) is 7.82. The monoisotopic (exact) mass is 381 g/mol. The molecule has 2 aliphatic rings. The summed E-state index contributed by atoms with van der Waals surface area (Å²) < 4.78 is 30.9. The fourth-order valence-corrected chi connectivity index (χ4v) is 4.83. The third kappa shape index (κ3) is 2.31. The highest BCUT2D eigenvalue weighted by molar-refractivity contribution is 9.10. The van der Waals surface area contributed by atoms with Crippen LogP contribution in [0, 0.1) is 0 Å². The fraction of sp³-hybridized carbons (Fsp3) is 0.538. The lowest BCUT2D eigenvalue weighted by atomic mass is 9.50. The molecule has 3 rings (SSSR count). The molecule has 0 spiro atoms. The zero-order chi connectivity index (χ0) is 14.6. The second-order valence-electron chi connectivity index (χ2n) is 5.50. The summed E-state index contributed by atoms with van der Waals surface area (Å²) in [6, 6.07) is 4.58. The molecule has 1 aromatic rings. The molecule has 0 radical (unpaired) electrons. The minimum atomic E-state index is -3.18. The summed E-state index contributed by atoms with van der Waals surface area (Å²) in [5, 5.41) is 7.05. The molecule has 0 aliphatic heterocycles. The minimum Gasteiger partial charge on any atom is -0.388 e. The molecule has 0 aromatic heterocycles. The van der Waals surface area contributed by atoms with Crippen molar-refractivity contribution in [2.75, 3.05) is 0 Å². The molecule has 0 saturated heterocycles. The van der Waals surface area contributed by atoms with Gasteiger partial charge in [-0.3, -0.25) is 4.72 Å². The van der Waals surface area contributed by atoms with Gasteiger partial charge in [0.1, 0.15) is 0 Å². The molecule has 0 amide bonds. The molecule has 2 nitrogen and oxygen atoms in total. The van der Waals surface area contributed by atoms with E-state index in [-0.39, 0.29) is 11.1 Å². The van der Waals surface area contributed by atoms with Crippen LogP contribution in [0.2, 0.25) is 0 Å². The van der Waals surface area contributed by atoms with Gasteiger partial charge in [-0.05, 0) is 55.8 Å². The molecule has 1 aromatic carbocycles. The van der Waals surface area contributed by atoms with Crippen LogP contribution in [-0.4, -0.2) is 16.2 Å². The lowest BCUT2D eigenvalue weighted by molar-refractivity contribution is -0.191. The smallest absolute Gasteiger partial charge is 0.317 e. The van der Waals surface area contributed by atoms with Crippen molar-refractivity contribution in [3.63, 3.8) is 0 Å². The number of fused-ring (bicyclic) bond motifs is 1. The van der Waals surface area contributed by atoms with Gasteiger partial charge in [-0.25, -0.2) is 0 Å². The van der Waals surface area contributed by atoms with Gasteiger partial charge in [0.15, 0.2) is 0 Å². The Labute approximate surface area is 134 Å². The van der Waals surface area contributed by atoms with Crippen molar-refractivity contribution < 1.29 is 13.9 Å². The maximum Gasteiger partial charge on any atom is 0.317 e. The van der Waals surface area contributed by atoms with E-state index in [4.69, 9.17) is 0 Å². The van der Waals surface area contributed by atoms with E-state index in [1.807, 2.05) is 0 Å². The normalized spacial score (nSPS) is 32.2. The number of hydrogen-bond acceptors (Lipinski definition) is 4. The molecule has 2 N–H and O–H groups in total. The van der Waals surface area contributed by atoms with Crippen molar-refractivity contribution in [3.05, 3.63) is 28.2 Å². The summed E-state index contributed by atoms with van der Waals surface area (Å²) in [6.07, 6.45) is 3.34. The first kappa shape index (κ1) is 15.1. The lowest BCUT2D eigenvalue weighted by Gasteiger charge is -2.64. The van der Waals surface area contributed by atoms with Crippen molar-refractivity contribution in [2.24, 2.45) is 0 Å². The molecule has 7 heteroatoms. The maximum absolute atomic E-state index is 13.5. The Morgan fingerprint density at radius 3 is 2.40 bits per heavy atom. The quantitative estimate of drug-likeness (QED) is 0.542. The topological polar surface area (TPSA) is 32.3 Å². The summed E-state index contributed by atoms with van der Waals surface area (Å²) in [4.78, 5) is 0.426. The number of aliphatic hydroxyl groups is 1. The van der Waals surface area contributed by atoms with Gasteiger partial charge in [0.2, 0.25) is 0 Å². The molecule has 20 heavy (non-hydrogen) atoms. The summed E-state index contributed by atoms with van der Waals surface area (Å²) in [6.45, 7) is 0. The maximum atomic E-state index is 13.5. The van der Waals surface area contributed by atoms with E-state index in [9.17, 15) is 13.9 Å². The molecular weight excluding hydrogens is 368 g/mol. The predicted molar refractivity (Wildman–Crippen MR) is 82.2 cm³/mol. The number of alkyl halides is 2. The van der Waals surface area contributed by atoms with E-state index < -0.39 is 10.9 Å². The van der Waals surface area contributed by atoms with Crippen LogP contribution in [0.15, 0.2) is 27.6 Å². The molecule has 2 fully saturated rings. The molecule has 0 unspecified atom stereocenters. The highest BCUT2D eigenvalue weighted by atomic mass is 79.9. The summed E-state index contributed by atoms with van der Waals surface area (Å²) in [5.74, 6) is 0. The first-order chi connectivity index (χ1) is 9.26. The van der Waals surface area contributed by atoms with Crippen molar-refractivity contribution in [2.45, 2.75) is 47.0 Å². The molecule has 0 atom stereocenters. The summed E-state index contributed by atoms with van der Waals surface area (Å²) in [5.41, 5.74) is -1.07. The van der Waals surface area contributed by atoms with E-state index >= 15 is 0 Å². The Hall–Kier alpha value is 0.180. The number of hydrogen-bond donors (Lipinski definition) is 3. The molecule has 0 heterocycles. The molecule has 2 saturated carbocycles. The van der Waals surface area contributed by atoms with Gasteiger partial charge in [0, 0.05) is 14.9 Å². The first-order valence-corrected chi connectivity index (χ1v) is 8.38. The third-order valence-corrected chi connectivity index (χ3v) is 6.23. The van der Waals surface area contributed by atoms with Crippen molar-refractivity contribution in [1.82, 2.24) is 4.72 Å². The Kier molecular flexibility index (Phi) is 3.65. The van der Waals surface area contributed by atoms with Crippen molar-refractivity contribution >= 4 is 40.5 Å². The van der Waals surface area contributed by atoms with E-state index in [2.05, 4.69) is 33.3 Å².